The Kier molecular flexibility index (Phi) is 6.23. The van der Waals surface area contributed by atoms with Crippen molar-refractivity contribution in [1.82, 2.24) is 0 Å². The lowest BCUT2D eigenvalue weighted by Gasteiger charge is -2.17. The molecule has 0 spiro atoms. The summed E-state index contributed by atoms with van der Waals surface area (Å²) in [5.41, 5.74) is 2.39. The number of aliphatic hydroxyl groups excluding tert-OH is 2. The maximum atomic E-state index is 9.87. The number of unbranched alkanes of at least 4 members (excludes halogenated alkanes) is 1. The van der Waals surface area contributed by atoms with E-state index in [4.69, 9.17) is 0 Å². The van der Waals surface area contributed by atoms with Gasteiger partial charge in [-0.1, -0.05) is 51.0 Å². The lowest BCUT2D eigenvalue weighted by molar-refractivity contribution is 0.0140. The summed E-state index contributed by atoms with van der Waals surface area (Å²) in [4.78, 5) is 0. The first-order valence-electron chi connectivity index (χ1n) is 6.61. The maximum absolute atomic E-state index is 9.87. The van der Waals surface area contributed by atoms with Crippen molar-refractivity contribution in [2.45, 2.75) is 58.2 Å². The van der Waals surface area contributed by atoms with Crippen LogP contribution in [0.15, 0.2) is 24.3 Å². The molecule has 2 N–H and O–H groups in total. The van der Waals surface area contributed by atoms with Gasteiger partial charge in [-0.2, -0.15) is 0 Å². The Labute approximate surface area is 104 Å². The number of aryl methyl sites for hydroxylation is 1. The highest BCUT2D eigenvalue weighted by Crippen LogP contribution is 2.12. The van der Waals surface area contributed by atoms with Gasteiger partial charge in [-0.25, -0.2) is 0 Å². The Hall–Kier alpha value is -0.860. The van der Waals surface area contributed by atoms with E-state index in [1.54, 1.807) is 0 Å². The minimum absolute atomic E-state index is 0.537. The summed E-state index contributed by atoms with van der Waals surface area (Å²) < 4.78 is 0. The van der Waals surface area contributed by atoms with Crippen molar-refractivity contribution in [3.8, 4) is 0 Å². The zero-order valence-corrected chi connectivity index (χ0v) is 10.9. The molecular weight excluding hydrogens is 212 g/mol. The fraction of sp³-hybridized carbons (Fsp3) is 0.600. The smallest absolute Gasteiger partial charge is 0.0839 e. The van der Waals surface area contributed by atoms with E-state index in [0.29, 0.717) is 12.8 Å². The van der Waals surface area contributed by atoms with Crippen LogP contribution in [-0.2, 0) is 12.8 Å². The van der Waals surface area contributed by atoms with Crippen molar-refractivity contribution >= 4 is 0 Å². The largest absolute Gasteiger partial charge is 0.390 e. The molecule has 0 aliphatic carbocycles. The third-order valence-corrected chi connectivity index (χ3v) is 3.17. The van der Waals surface area contributed by atoms with Crippen LogP contribution in [0, 0.1) is 0 Å². The van der Waals surface area contributed by atoms with Gasteiger partial charge in [0.25, 0.3) is 0 Å². The molecule has 0 saturated heterocycles. The van der Waals surface area contributed by atoms with Gasteiger partial charge in [-0.15, -0.1) is 0 Å². The number of hydrogen-bond acceptors (Lipinski definition) is 2. The lowest BCUT2D eigenvalue weighted by atomic mass is 9.99. The molecule has 2 heteroatoms. The molecule has 2 atom stereocenters. The molecule has 1 aromatic rings. The van der Waals surface area contributed by atoms with Gasteiger partial charge >= 0.3 is 0 Å². The van der Waals surface area contributed by atoms with Crippen molar-refractivity contribution in [2.75, 3.05) is 0 Å². The first-order valence-corrected chi connectivity index (χ1v) is 6.61. The van der Waals surface area contributed by atoms with Crippen molar-refractivity contribution in [3.05, 3.63) is 35.4 Å². The monoisotopic (exact) mass is 236 g/mol. The molecule has 2 unspecified atom stereocenters. The number of benzene rings is 1. The SMILES string of the molecule is CCCCC(O)C(O)Cc1ccc(CC)cc1. The van der Waals surface area contributed by atoms with Gasteiger partial charge < -0.3 is 10.2 Å². The zero-order chi connectivity index (χ0) is 12.7. The van der Waals surface area contributed by atoms with Gasteiger partial charge in [0.15, 0.2) is 0 Å². The van der Waals surface area contributed by atoms with Crippen LogP contribution < -0.4 is 0 Å². The maximum Gasteiger partial charge on any atom is 0.0839 e. The molecule has 0 radical (unpaired) electrons. The molecule has 1 aromatic carbocycles. The molecule has 0 aliphatic heterocycles. The second-order valence-corrected chi connectivity index (χ2v) is 4.65. The molecule has 0 bridgehead atoms. The van der Waals surface area contributed by atoms with Gasteiger partial charge in [-0.3, -0.25) is 0 Å². The number of rotatable bonds is 7. The highest BCUT2D eigenvalue weighted by molar-refractivity contribution is 5.23. The van der Waals surface area contributed by atoms with Gasteiger partial charge in [0.05, 0.1) is 12.2 Å². The van der Waals surface area contributed by atoms with Crippen LogP contribution in [0.2, 0.25) is 0 Å². The minimum atomic E-state index is -0.644. The molecule has 96 valence electrons. The molecule has 0 amide bonds. The predicted molar refractivity (Wildman–Crippen MR) is 71.1 cm³/mol. The normalized spacial score (nSPS) is 14.6. The Bertz CT molecular complexity index is 305. The van der Waals surface area contributed by atoms with Crippen molar-refractivity contribution in [2.24, 2.45) is 0 Å². The first kappa shape index (κ1) is 14.2. The Balaban J connectivity index is 2.46. The fourth-order valence-corrected chi connectivity index (χ4v) is 1.89. The van der Waals surface area contributed by atoms with Crippen LogP contribution in [0.3, 0.4) is 0 Å². The summed E-state index contributed by atoms with van der Waals surface area (Å²) in [6.07, 6.45) is 3.03. The molecular formula is C15H24O2. The Morgan fingerprint density at radius 3 is 2.06 bits per heavy atom. The van der Waals surface area contributed by atoms with Crippen LogP contribution in [-0.4, -0.2) is 22.4 Å². The summed E-state index contributed by atoms with van der Waals surface area (Å²) in [5.74, 6) is 0. The fourth-order valence-electron chi connectivity index (χ4n) is 1.89. The topological polar surface area (TPSA) is 40.5 Å². The van der Waals surface area contributed by atoms with E-state index in [-0.39, 0.29) is 0 Å². The zero-order valence-electron chi connectivity index (χ0n) is 10.9. The third-order valence-electron chi connectivity index (χ3n) is 3.17. The molecule has 0 fully saturated rings. The van der Waals surface area contributed by atoms with Crippen molar-refractivity contribution in [3.63, 3.8) is 0 Å². The molecule has 2 nitrogen and oxygen atoms in total. The van der Waals surface area contributed by atoms with Crippen molar-refractivity contribution < 1.29 is 10.2 Å². The van der Waals surface area contributed by atoms with Gasteiger partial charge in [-0.05, 0) is 24.0 Å². The summed E-state index contributed by atoms with van der Waals surface area (Å²) >= 11 is 0. The van der Waals surface area contributed by atoms with E-state index in [9.17, 15) is 10.2 Å². The Morgan fingerprint density at radius 2 is 1.53 bits per heavy atom. The minimum Gasteiger partial charge on any atom is -0.390 e. The van der Waals surface area contributed by atoms with Crippen LogP contribution in [0.25, 0.3) is 0 Å². The molecule has 0 aromatic heterocycles. The van der Waals surface area contributed by atoms with E-state index in [1.807, 2.05) is 12.1 Å². The Morgan fingerprint density at radius 1 is 0.941 bits per heavy atom. The standard InChI is InChI=1S/C15H24O2/c1-3-5-6-14(16)15(17)11-13-9-7-12(4-2)8-10-13/h7-10,14-17H,3-6,11H2,1-2H3. The highest BCUT2D eigenvalue weighted by Gasteiger charge is 2.15. The predicted octanol–water partition coefficient (Wildman–Crippen LogP) is 2.70. The molecule has 1 rings (SSSR count). The molecule has 0 saturated carbocycles. The number of aliphatic hydroxyl groups is 2. The second-order valence-electron chi connectivity index (χ2n) is 4.65. The van der Waals surface area contributed by atoms with Crippen LogP contribution >= 0.6 is 0 Å². The summed E-state index contributed by atoms with van der Waals surface area (Å²) in [6, 6.07) is 8.24. The number of hydrogen-bond donors (Lipinski definition) is 2. The highest BCUT2D eigenvalue weighted by atomic mass is 16.3. The summed E-state index contributed by atoms with van der Waals surface area (Å²) in [6.45, 7) is 4.21. The first-order chi connectivity index (χ1) is 8.17. The van der Waals surface area contributed by atoms with Crippen LogP contribution in [0.1, 0.15) is 44.2 Å². The quantitative estimate of drug-likeness (QED) is 0.764. The lowest BCUT2D eigenvalue weighted by Crippen LogP contribution is -2.27. The van der Waals surface area contributed by atoms with Crippen LogP contribution in [0.5, 0.6) is 0 Å². The van der Waals surface area contributed by atoms with Crippen LogP contribution in [0.4, 0.5) is 0 Å². The van der Waals surface area contributed by atoms with Gasteiger partial charge in [0, 0.05) is 6.42 Å². The van der Waals surface area contributed by atoms with E-state index >= 15 is 0 Å². The molecule has 0 aliphatic rings. The average molecular weight is 236 g/mol. The second kappa shape index (κ2) is 7.46. The van der Waals surface area contributed by atoms with E-state index < -0.39 is 12.2 Å². The molecule has 0 heterocycles. The van der Waals surface area contributed by atoms with Crippen molar-refractivity contribution in [1.29, 1.82) is 0 Å². The van der Waals surface area contributed by atoms with Gasteiger partial charge in [0.1, 0.15) is 0 Å². The summed E-state index contributed by atoms with van der Waals surface area (Å²) in [7, 11) is 0. The van der Waals surface area contributed by atoms with Gasteiger partial charge in [0.2, 0.25) is 0 Å². The van der Waals surface area contributed by atoms with E-state index in [2.05, 4.69) is 26.0 Å². The van der Waals surface area contributed by atoms with E-state index in [0.717, 1.165) is 24.8 Å². The van der Waals surface area contributed by atoms with E-state index in [1.165, 1.54) is 5.56 Å². The summed E-state index contributed by atoms with van der Waals surface area (Å²) in [5, 5.41) is 19.6. The average Bonchev–Trinajstić information content (AvgIpc) is 2.36. The third kappa shape index (κ3) is 4.88. The molecule has 17 heavy (non-hydrogen) atoms.